The first-order valence-corrected chi connectivity index (χ1v) is 8.21. The second-order valence-corrected chi connectivity index (χ2v) is 6.99. The van der Waals surface area contributed by atoms with Gasteiger partial charge < -0.3 is 10.1 Å². The zero-order valence-corrected chi connectivity index (χ0v) is 12.3. The Labute approximate surface area is 121 Å². The molecule has 1 aromatic carbocycles. The van der Waals surface area contributed by atoms with E-state index in [-0.39, 0.29) is 0 Å². The highest BCUT2D eigenvalue weighted by Crippen LogP contribution is 2.58. The first-order valence-electron chi connectivity index (χ1n) is 8.21. The summed E-state index contributed by atoms with van der Waals surface area (Å²) in [4.78, 5) is 0. The van der Waals surface area contributed by atoms with E-state index in [1.807, 2.05) is 6.07 Å². The van der Waals surface area contributed by atoms with Gasteiger partial charge in [-0.3, -0.25) is 0 Å². The smallest absolute Gasteiger partial charge is 0.119 e. The van der Waals surface area contributed by atoms with E-state index in [0.717, 1.165) is 42.0 Å². The Morgan fingerprint density at radius 3 is 2.95 bits per heavy atom. The largest absolute Gasteiger partial charge is 0.497 e. The van der Waals surface area contributed by atoms with Gasteiger partial charge in [-0.25, -0.2) is 0 Å². The van der Waals surface area contributed by atoms with Crippen molar-refractivity contribution in [3.8, 4) is 5.75 Å². The number of nitrogens with one attached hydrogen (secondary N) is 1. The Hall–Kier alpha value is -1.02. The van der Waals surface area contributed by atoms with Crippen LogP contribution in [0.1, 0.15) is 37.7 Å². The molecule has 2 nitrogen and oxygen atoms in total. The number of ether oxygens (including phenoxy) is 1. The molecule has 0 aromatic heterocycles. The summed E-state index contributed by atoms with van der Waals surface area (Å²) in [5.41, 5.74) is 1.34. The van der Waals surface area contributed by atoms with Crippen LogP contribution < -0.4 is 10.1 Å². The Morgan fingerprint density at radius 1 is 1.15 bits per heavy atom. The lowest BCUT2D eigenvalue weighted by atomic mass is 9.79. The van der Waals surface area contributed by atoms with Gasteiger partial charge in [-0.05, 0) is 67.1 Å². The van der Waals surface area contributed by atoms with Crippen LogP contribution in [0.15, 0.2) is 24.3 Å². The maximum atomic E-state index is 5.31. The number of fused-ring (bicyclic) bond motifs is 5. The first kappa shape index (κ1) is 12.7. The third-order valence-corrected chi connectivity index (χ3v) is 6.13. The van der Waals surface area contributed by atoms with Crippen LogP contribution in [0.2, 0.25) is 0 Å². The van der Waals surface area contributed by atoms with Crippen molar-refractivity contribution in [2.24, 2.45) is 23.7 Å². The molecule has 108 valence electrons. The van der Waals surface area contributed by atoms with Gasteiger partial charge in [0.05, 0.1) is 7.11 Å². The van der Waals surface area contributed by atoms with Crippen LogP contribution in [-0.4, -0.2) is 13.2 Å². The molecule has 3 saturated carbocycles. The molecule has 0 saturated heterocycles. The third-order valence-electron chi connectivity index (χ3n) is 6.13. The van der Waals surface area contributed by atoms with E-state index in [9.17, 15) is 0 Å². The molecule has 0 aliphatic heterocycles. The molecule has 1 aromatic rings. The molecule has 0 spiro atoms. The second kappa shape index (κ2) is 5.07. The molecule has 3 fully saturated rings. The molecule has 0 amide bonds. The highest BCUT2D eigenvalue weighted by Gasteiger charge is 2.53. The molecule has 0 unspecified atom stereocenters. The number of methoxy groups -OCH3 is 1. The summed E-state index contributed by atoms with van der Waals surface area (Å²) in [5, 5.41) is 3.84. The lowest BCUT2D eigenvalue weighted by molar-refractivity contribution is 0.208. The van der Waals surface area contributed by atoms with Gasteiger partial charge in [-0.1, -0.05) is 18.6 Å². The fourth-order valence-corrected chi connectivity index (χ4v) is 5.33. The minimum atomic E-state index is 0.769. The molecule has 0 radical (unpaired) electrons. The molecule has 1 N–H and O–H groups in total. The third kappa shape index (κ3) is 2.05. The Kier molecular flexibility index (Phi) is 3.22. The Bertz CT molecular complexity index is 486. The average Bonchev–Trinajstić information content (AvgIpc) is 3.17. The Balaban J connectivity index is 1.38. The maximum absolute atomic E-state index is 5.31. The summed E-state index contributed by atoms with van der Waals surface area (Å²) in [6.45, 7) is 0.989. The molecule has 5 atom stereocenters. The van der Waals surface area contributed by atoms with Crippen LogP contribution in [0.25, 0.3) is 0 Å². The van der Waals surface area contributed by atoms with Crippen molar-refractivity contribution < 1.29 is 4.74 Å². The zero-order chi connectivity index (χ0) is 13.5. The average molecular weight is 271 g/mol. The van der Waals surface area contributed by atoms with Crippen LogP contribution >= 0.6 is 0 Å². The molecule has 2 bridgehead atoms. The first-order chi connectivity index (χ1) is 9.85. The van der Waals surface area contributed by atoms with E-state index >= 15 is 0 Å². The van der Waals surface area contributed by atoms with Crippen molar-refractivity contribution in [3.63, 3.8) is 0 Å². The van der Waals surface area contributed by atoms with Gasteiger partial charge in [0.1, 0.15) is 5.75 Å². The summed E-state index contributed by atoms with van der Waals surface area (Å²) in [6.07, 6.45) is 7.45. The zero-order valence-electron chi connectivity index (χ0n) is 12.3. The van der Waals surface area contributed by atoms with Crippen LogP contribution in [0.5, 0.6) is 5.75 Å². The SMILES string of the molecule is COc1cccc(CN[C@H]2C[C@H]3C[C@@H]2[C@H]2CCC[C@@H]32)c1. The van der Waals surface area contributed by atoms with Crippen molar-refractivity contribution in [1.82, 2.24) is 5.32 Å². The van der Waals surface area contributed by atoms with Crippen LogP contribution in [0, 0.1) is 23.7 Å². The number of hydrogen-bond donors (Lipinski definition) is 1. The van der Waals surface area contributed by atoms with Gasteiger partial charge in [0.25, 0.3) is 0 Å². The minimum Gasteiger partial charge on any atom is -0.497 e. The van der Waals surface area contributed by atoms with Crippen LogP contribution in [0.3, 0.4) is 0 Å². The quantitative estimate of drug-likeness (QED) is 0.903. The van der Waals surface area contributed by atoms with Gasteiger partial charge >= 0.3 is 0 Å². The summed E-state index contributed by atoms with van der Waals surface area (Å²) in [7, 11) is 1.74. The molecule has 0 heterocycles. The van der Waals surface area contributed by atoms with Gasteiger partial charge in [0.15, 0.2) is 0 Å². The molecular formula is C18H25NO. The summed E-state index contributed by atoms with van der Waals surface area (Å²) in [6, 6.07) is 9.22. The van der Waals surface area contributed by atoms with Crippen molar-refractivity contribution >= 4 is 0 Å². The lowest BCUT2D eigenvalue weighted by Gasteiger charge is -2.32. The van der Waals surface area contributed by atoms with Crippen molar-refractivity contribution in [2.75, 3.05) is 7.11 Å². The lowest BCUT2D eigenvalue weighted by Crippen LogP contribution is -2.38. The van der Waals surface area contributed by atoms with Crippen LogP contribution in [-0.2, 0) is 6.54 Å². The van der Waals surface area contributed by atoms with E-state index < -0.39 is 0 Å². The van der Waals surface area contributed by atoms with E-state index in [1.54, 1.807) is 7.11 Å². The molecule has 3 aliphatic rings. The number of hydrogen-bond acceptors (Lipinski definition) is 2. The Morgan fingerprint density at radius 2 is 2.05 bits per heavy atom. The number of benzene rings is 1. The highest BCUT2D eigenvalue weighted by atomic mass is 16.5. The molecule has 2 heteroatoms. The standard InChI is InChI=1S/C18H25NO/c1-20-14-5-2-4-12(8-14)11-19-18-10-13-9-17(18)16-7-3-6-15(13)16/h2,4-5,8,13,15-19H,3,6-7,9-11H2,1H3/t13-,15+,16+,17-,18+/m1/s1. The normalized spacial score (nSPS) is 38.1. The van der Waals surface area contributed by atoms with Gasteiger partial charge in [-0.2, -0.15) is 0 Å². The molecule has 4 rings (SSSR count). The number of rotatable bonds is 4. The summed E-state index contributed by atoms with van der Waals surface area (Å²) >= 11 is 0. The van der Waals surface area contributed by atoms with Gasteiger partial charge in [-0.15, -0.1) is 0 Å². The topological polar surface area (TPSA) is 21.3 Å². The fourth-order valence-electron chi connectivity index (χ4n) is 5.33. The molecule has 3 aliphatic carbocycles. The van der Waals surface area contributed by atoms with Crippen molar-refractivity contribution in [1.29, 1.82) is 0 Å². The second-order valence-electron chi connectivity index (χ2n) is 6.99. The van der Waals surface area contributed by atoms with Crippen LogP contribution in [0.4, 0.5) is 0 Å². The fraction of sp³-hybridized carbons (Fsp3) is 0.667. The predicted octanol–water partition coefficient (Wildman–Crippen LogP) is 3.61. The predicted molar refractivity (Wildman–Crippen MR) is 80.7 cm³/mol. The molecule has 20 heavy (non-hydrogen) atoms. The maximum Gasteiger partial charge on any atom is 0.119 e. The van der Waals surface area contributed by atoms with Gasteiger partial charge in [0.2, 0.25) is 0 Å². The monoisotopic (exact) mass is 271 g/mol. The van der Waals surface area contributed by atoms with E-state index in [4.69, 9.17) is 4.74 Å². The van der Waals surface area contributed by atoms with Gasteiger partial charge in [0, 0.05) is 12.6 Å². The summed E-state index contributed by atoms with van der Waals surface area (Å²) in [5.74, 6) is 5.12. The highest BCUT2D eigenvalue weighted by molar-refractivity contribution is 5.28. The van der Waals surface area contributed by atoms with E-state index in [0.29, 0.717) is 0 Å². The van der Waals surface area contributed by atoms with Crippen molar-refractivity contribution in [2.45, 2.75) is 44.7 Å². The minimum absolute atomic E-state index is 0.769. The summed E-state index contributed by atoms with van der Waals surface area (Å²) < 4.78 is 5.31. The van der Waals surface area contributed by atoms with Crippen molar-refractivity contribution in [3.05, 3.63) is 29.8 Å². The van der Waals surface area contributed by atoms with E-state index in [1.165, 1.54) is 37.7 Å². The van der Waals surface area contributed by atoms with E-state index in [2.05, 4.69) is 23.5 Å². The molecular weight excluding hydrogens is 246 g/mol.